The third-order valence-electron chi connectivity index (χ3n) is 4.08. The third kappa shape index (κ3) is 4.85. The lowest BCUT2D eigenvalue weighted by atomic mass is 10.1. The van der Waals surface area contributed by atoms with Gasteiger partial charge >= 0.3 is 6.09 Å². The van der Waals surface area contributed by atoms with Crippen molar-refractivity contribution in [3.05, 3.63) is 42.0 Å². The smallest absolute Gasteiger partial charge is 0.411 e. The fraction of sp³-hybridized carbons (Fsp3) is 0.300. The van der Waals surface area contributed by atoms with Crippen LogP contribution >= 0.6 is 0 Å². The maximum absolute atomic E-state index is 12.3. The number of benzene rings is 2. The van der Waals surface area contributed by atoms with Crippen molar-refractivity contribution < 1.29 is 28.5 Å². The number of rotatable bonds is 7. The highest BCUT2D eigenvalue weighted by molar-refractivity contribution is 5.92. The van der Waals surface area contributed by atoms with Crippen molar-refractivity contribution in [2.45, 2.75) is 19.8 Å². The number of methoxy groups -OCH3 is 1. The van der Waals surface area contributed by atoms with Crippen LogP contribution in [0.5, 0.6) is 17.2 Å². The van der Waals surface area contributed by atoms with Gasteiger partial charge in [0.15, 0.2) is 11.5 Å². The van der Waals surface area contributed by atoms with Crippen molar-refractivity contribution in [1.82, 2.24) is 0 Å². The molecule has 0 saturated heterocycles. The van der Waals surface area contributed by atoms with Gasteiger partial charge in [0.1, 0.15) is 5.75 Å². The van der Waals surface area contributed by atoms with E-state index in [1.807, 2.05) is 18.2 Å². The molecule has 2 aromatic rings. The van der Waals surface area contributed by atoms with E-state index in [9.17, 15) is 9.59 Å². The number of nitrogens with one attached hydrogen (secondary N) is 2. The zero-order valence-electron chi connectivity index (χ0n) is 15.7. The molecule has 2 N–H and O–H groups in total. The second-order valence-electron chi connectivity index (χ2n) is 6.00. The number of hydrogen-bond donors (Lipinski definition) is 2. The molecule has 2 amide bonds. The summed E-state index contributed by atoms with van der Waals surface area (Å²) in [5.41, 5.74) is 2.02. The van der Waals surface area contributed by atoms with E-state index >= 15 is 0 Å². The zero-order valence-corrected chi connectivity index (χ0v) is 15.7. The Morgan fingerprint density at radius 1 is 1.07 bits per heavy atom. The van der Waals surface area contributed by atoms with Gasteiger partial charge in [0.25, 0.3) is 0 Å². The van der Waals surface area contributed by atoms with Crippen LogP contribution in [0.25, 0.3) is 0 Å². The summed E-state index contributed by atoms with van der Waals surface area (Å²) >= 11 is 0. The fourth-order valence-corrected chi connectivity index (χ4v) is 2.73. The molecular formula is C20H22N2O6. The monoisotopic (exact) mass is 386 g/mol. The largest absolute Gasteiger partial charge is 0.494 e. The van der Waals surface area contributed by atoms with Crippen LogP contribution < -0.4 is 24.8 Å². The molecule has 1 heterocycles. The molecule has 0 aromatic heterocycles. The summed E-state index contributed by atoms with van der Waals surface area (Å²) in [7, 11) is 1.48. The number of amides is 2. The van der Waals surface area contributed by atoms with Crippen LogP contribution in [0, 0.1) is 0 Å². The predicted octanol–water partition coefficient (Wildman–Crippen LogP) is 3.56. The lowest BCUT2D eigenvalue weighted by Gasteiger charge is -2.12. The number of fused-ring (bicyclic) bond motifs is 1. The number of hydrogen-bond acceptors (Lipinski definition) is 6. The molecule has 0 atom stereocenters. The lowest BCUT2D eigenvalue weighted by Crippen LogP contribution is -2.15. The van der Waals surface area contributed by atoms with Gasteiger partial charge in [-0.25, -0.2) is 4.79 Å². The topological polar surface area (TPSA) is 95.1 Å². The van der Waals surface area contributed by atoms with Crippen LogP contribution in [0.1, 0.15) is 18.9 Å². The van der Waals surface area contributed by atoms with Crippen molar-refractivity contribution in [3.8, 4) is 17.2 Å². The Kier molecular flexibility index (Phi) is 6.21. The van der Waals surface area contributed by atoms with Gasteiger partial charge in [-0.15, -0.1) is 0 Å². The van der Waals surface area contributed by atoms with E-state index in [2.05, 4.69) is 10.6 Å². The average Bonchev–Trinajstić information content (AvgIpc) is 3.15. The standard InChI is InChI=1S/C20H22N2O6/c1-3-26-20(24)22-15-7-6-14(11-17(15)25-2)21-19(23)9-5-13-4-8-16-18(10-13)28-12-27-16/h4,6-8,10-11H,3,5,9,12H2,1-2H3,(H,21,23)(H,22,24). The summed E-state index contributed by atoms with van der Waals surface area (Å²) in [6.45, 7) is 2.22. The summed E-state index contributed by atoms with van der Waals surface area (Å²) in [5, 5.41) is 5.42. The number of ether oxygens (including phenoxy) is 4. The molecule has 3 rings (SSSR count). The first-order chi connectivity index (χ1) is 13.6. The molecule has 8 nitrogen and oxygen atoms in total. The number of aryl methyl sites for hydroxylation is 1. The zero-order chi connectivity index (χ0) is 19.9. The first-order valence-corrected chi connectivity index (χ1v) is 8.89. The molecule has 0 fully saturated rings. The highest BCUT2D eigenvalue weighted by Crippen LogP contribution is 2.33. The fourth-order valence-electron chi connectivity index (χ4n) is 2.73. The molecule has 0 unspecified atom stereocenters. The molecule has 28 heavy (non-hydrogen) atoms. The molecule has 0 radical (unpaired) electrons. The first kappa shape index (κ1) is 19.3. The SMILES string of the molecule is CCOC(=O)Nc1ccc(NC(=O)CCc2ccc3c(c2)OCO3)cc1OC. The van der Waals surface area contributed by atoms with Crippen molar-refractivity contribution in [2.24, 2.45) is 0 Å². The van der Waals surface area contributed by atoms with Crippen molar-refractivity contribution in [3.63, 3.8) is 0 Å². The van der Waals surface area contributed by atoms with E-state index in [-0.39, 0.29) is 19.3 Å². The van der Waals surface area contributed by atoms with Crippen molar-refractivity contribution in [2.75, 3.05) is 31.1 Å². The van der Waals surface area contributed by atoms with E-state index in [1.165, 1.54) is 7.11 Å². The highest BCUT2D eigenvalue weighted by atomic mass is 16.7. The van der Waals surface area contributed by atoms with Crippen LogP contribution in [0.3, 0.4) is 0 Å². The maximum atomic E-state index is 12.3. The van der Waals surface area contributed by atoms with Crippen LogP contribution in [-0.4, -0.2) is 32.5 Å². The summed E-state index contributed by atoms with van der Waals surface area (Å²) < 4.78 is 20.7. The summed E-state index contributed by atoms with van der Waals surface area (Å²) in [5.74, 6) is 1.71. The van der Waals surface area contributed by atoms with Gasteiger partial charge < -0.3 is 24.3 Å². The van der Waals surface area contributed by atoms with E-state index in [0.29, 0.717) is 35.7 Å². The number of anilines is 2. The second-order valence-corrected chi connectivity index (χ2v) is 6.00. The van der Waals surface area contributed by atoms with E-state index in [1.54, 1.807) is 25.1 Å². The normalized spacial score (nSPS) is 11.6. The Morgan fingerprint density at radius 2 is 1.89 bits per heavy atom. The van der Waals surface area contributed by atoms with E-state index < -0.39 is 6.09 Å². The van der Waals surface area contributed by atoms with Crippen molar-refractivity contribution in [1.29, 1.82) is 0 Å². The molecule has 148 valence electrons. The molecule has 0 spiro atoms. The van der Waals surface area contributed by atoms with Gasteiger partial charge in [-0.05, 0) is 43.2 Å². The van der Waals surface area contributed by atoms with Gasteiger partial charge in [0.2, 0.25) is 12.7 Å². The minimum atomic E-state index is -0.568. The Labute approximate surface area is 162 Å². The number of carbonyl (C=O) groups excluding carboxylic acids is 2. The van der Waals surface area contributed by atoms with Gasteiger partial charge in [0, 0.05) is 18.2 Å². The molecule has 8 heteroatoms. The van der Waals surface area contributed by atoms with Gasteiger partial charge in [-0.3, -0.25) is 10.1 Å². The van der Waals surface area contributed by atoms with Gasteiger partial charge in [-0.1, -0.05) is 6.07 Å². The van der Waals surface area contributed by atoms with Crippen LogP contribution in [0.15, 0.2) is 36.4 Å². The average molecular weight is 386 g/mol. The maximum Gasteiger partial charge on any atom is 0.411 e. The Balaban J connectivity index is 1.56. The van der Waals surface area contributed by atoms with Crippen LogP contribution in [-0.2, 0) is 16.0 Å². The highest BCUT2D eigenvalue weighted by Gasteiger charge is 2.14. The molecule has 0 saturated carbocycles. The second kappa shape index (κ2) is 8.98. The third-order valence-corrected chi connectivity index (χ3v) is 4.08. The number of carbonyl (C=O) groups is 2. The van der Waals surface area contributed by atoms with Crippen LogP contribution in [0.4, 0.5) is 16.2 Å². The molecular weight excluding hydrogens is 364 g/mol. The molecule has 0 bridgehead atoms. The van der Waals surface area contributed by atoms with E-state index in [0.717, 1.165) is 11.3 Å². The quantitative estimate of drug-likeness (QED) is 0.755. The minimum absolute atomic E-state index is 0.133. The van der Waals surface area contributed by atoms with Crippen LogP contribution in [0.2, 0.25) is 0 Å². The predicted molar refractivity (Wildman–Crippen MR) is 103 cm³/mol. The Hall–Kier alpha value is -3.42. The Bertz CT molecular complexity index is 868. The van der Waals surface area contributed by atoms with E-state index in [4.69, 9.17) is 18.9 Å². The molecule has 1 aliphatic rings. The Morgan fingerprint density at radius 3 is 2.68 bits per heavy atom. The van der Waals surface area contributed by atoms with Crippen molar-refractivity contribution >= 4 is 23.4 Å². The molecule has 1 aliphatic heterocycles. The van der Waals surface area contributed by atoms with Gasteiger partial charge in [-0.2, -0.15) is 0 Å². The summed E-state index contributed by atoms with van der Waals surface area (Å²) in [6, 6.07) is 10.6. The lowest BCUT2D eigenvalue weighted by molar-refractivity contribution is -0.116. The van der Waals surface area contributed by atoms with Gasteiger partial charge in [0.05, 0.1) is 19.4 Å². The summed E-state index contributed by atoms with van der Waals surface area (Å²) in [4.78, 5) is 23.8. The minimum Gasteiger partial charge on any atom is -0.494 e. The first-order valence-electron chi connectivity index (χ1n) is 8.89. The molecule has 0 aliphatic carbocycles. The molecule has 2 aromatic carbocycles. The summed E-state index contributed by atoms with van der Waals surface area (Å²) in [6.07, 6.45) is 0.314.